The minimum atomic E-state index is -0.919. The average Bonchev–Trinajstić information content (AvgIpc) is 3.88. The highest BCUT2D eigenvalue weighted by Gasteiger charge is 2.52. The number of phenols is 1. The summed E-state index contributed by atoms with van der Waals surface area (Å²) in [4.78, 5) is 14.0. The first-order valence-electron chi connectivity index (χ1n) is 17.3. The number of anilines is 1. The van der Waals surface area contributed by atoms with E-state index in [1.807, 2.05) is 0 Å². The van der Waals surface area contributed by atoms with Crippen molar-refractivity contribution >= 4 is 27.5 Å². The Hall–Kier alpha value is -4.11. The first-order valence-corrected chi connectivity index (χ1v) is 17.3. The maximum Gasteiger partial charge on any atom is 0.319 e. The van der Waals surface area contributed by atoms with E-state index in [-0.39, 0.29) is 58.3 Å². The zero-order valence-electron chi connectivity index (χ0n) is 27.2. The Kier molecular flexibility index (Phi) is 7.24. The summed E-state index contributed by atoms with van der Waals surface area (Å²) >= 11 is 0. The maximum absolute atomic E-state index is 17.1. The molecule has 5 saturated heterocycles. The topological polar surface area (TPSA) is 83.0 Å². The van der Waals surface area contributed by atoms with Crippen molar-refractivity contribution in [2.45, 2.75) is 74.3 Å². The van der Waals surface area contributed by atoms with Gasteiger partial charge in [-0.3, -0.25) is 4.90 Å². The van der Waals surface area contributed by atoms with Gasteiger partial charge in [0.1, 0.15) is 35.7 Å². The van der Waals surface area contributed by atoms with Crippen molar-refractivity contribution in [2.24, 2.45) is 0 Å². The summed E-state index contributed by atoms with van der Waals surface area (Å²) in [5, 5.41) is 15.8. The van der Waals surface area contributed by atoms with E-state index in [2.05, 4.69) is 26.0 Å². The van der Waals surface area contributed by atoms with Gasteiger partial charge in [0.05, 0.1) is 22.7 Å². The molecule has 4 aromatic rings. The molecule has 5 aliphatic heterocycles. The summed E-state index contributed by atoms with van der Waals surface area (Å²) in [6.45, 7) is 3.45. The van der Waals surface area contributed by atoms with Crippen molar-refractivity contribution in [3.8, 4) is 35.2 Å². The standard InChI is InChI=1S/C38H38F3N5O3/c1-2-26-30(40)9-6-22-15-25(47)16-29(32(22)26)27-7-8-28-34(33(27)41)42-36(49-21-37-11-4-13-46(37)18-23(39)17-37)43-35(28)45-19-24-10-12-38(20-45,44-24)31-5-3-14-48-31/h1,6-9,15-16,23-24,31,44,47H,3-5,10-14,17-21H2/t23-,24+,31-,37+,38-/m1/s1. The van der Waals surface area contributed by atoms with Crippen LogP contribution in [0, 0.1) is 24.0 Å². The number of piperazine rings is 1. The number of nitrogens with one attached hydrogen (secondary N) is 1. The van der Waals surface area contributed by atoms with E-state index in [1.54, 1.807) is 12.1 Å². The van der Waals surface area contributed by atoms with Gasteiger partial charge < -0.3 is 24.8 Å². The van der Waals surface area contributed by atoms with Gasteiger partial charge in [0.25, 0.3) is 0 Å². The number of aromatic hydroxyl groups is 1. The van der Waals surface area contributed by atoms with Crippen LogP contribution < -0.4 is 15.0 Å². The van der Waals surface area contributed by atoms with E-state index in [4.69, 9.17) is 20.9 Å². The number of hydrogen-bond donors (Lipinski definition) is 2. The molecule has 254 valence electrons. The maximum atomic E-state index is 17.1. The number of aromatic nitrogens is 2. The number of fused-ring (bicyclic) bond motifs is 5. The second-order valence-corrected chi connectivity index (χ2v) is 14.6. The van der Waals surface area contributed by atoms with E-state index < -0.39 is 23.3 Å². The van der Waals surface area contributed by atoms with E-state index in [9.17, 15) is 13.9 Å². The number of benzene rings is 3. The lowest BCUT2D eigenvalue weighted by Crippen LogP contribution is -2.65. The number of rotatable bonds is 6. The molecule has 1 aromatic heterocycles. The van der Waals surface area contributed by atoms with Crippen LogP contribution in [0.3, 0.4) is 0 Å². The van der Waals surface area contributed by atoms with E-state index in [1.165, 1.54) is 24.3 Å². The van der Waals surface area contributed by atoms with Crippen LogP contribution in [0.15, 0.2) is 36.4 Å². The van der Waals surface area contributed by atoms with Crippen LogP contribution in [0.25, 0.3) is 32.8 Å². The summed E-state index contributed by atoms with van der Waals surface area (Å²) < 4.78 is 59.2. The lowest BCUT2D eigenvalue weighted by Gasteiger charge is -2.45. The second-order valence-electron chi connectivity index (χ2n) is 14.6. The van der Waals surface area contributed by atoms with Crippen LogP contribution in [-0.2, 0) is 4.74 Å². The van der Waals surface area contributed by atoms with Crippen molar-refractivity contribution in [3.63, 3.8) is 0 Å². The average molecular weight is 670 g/mol. The number of nitrogens with zero attached hydrogens (tertiary/aromatic N) is 4. The molecule has 3 aromatic carbocycles. The molecule has 8 nitrogen and oxygen atoms in total. The Balaban J connectivity index is 1.19. The fraction of sp³-hybridized carbons (Fsp3) is 0.474. The number of alkyl halides is 1. The van der Waals surface area contributed by atoms with Gasteiger partial charge in [0, 0.05) is 55.0 Å². The number of ether oxygens (including phenoxy) is 2. The lowest BCUT2D eigenvalue weighted by molar-refractivity contribution is 0.0326. The largest absolute Gasteiger partial charge is 0.508 e. The van der Waals surface area contributed by atoms with Crippen LogP contribution in [0.2, 0.25) is 0 Å². The highest BCUT2D eigenvalue weighted by Crippen LogP contribution is 2.44. The molecule has 5 fully saturated rings. The van der Waals surface area contributed by atoms with Gasteiger partial charge in [0.2, 0.25) is 0 Å². The molecule has 0 spiro atoms. The normalized spacial score (nSPS) is 29.6. The Labute approximate surface area is 282 Å². The highest BCUT2D eigenvalue weighted by atomic mass is 19.1. The van der Waals surface area contributed by atoms with Gasteiger partial charge in [-0.25, -0.2) is 13.2 Å². The highest BCUT2D eigenvalue weighted by molar-refractivity contribution is 6.04. The van der Waals surface area contributed by atoms with Crippen LogP contribution in [-0.4, -0.2) is 88.8 Å². The van der Waals surface area contributed by atoms with Gasteiger partial charge >= 0.3 is 6.01 Å². The monoisotopic (exact) mass is 669 g/mol. The number of phenolic OH excluding ortho intramolecular Hbond substituents is 1. The van der Waals surface area contributed by atoms with Crippen molar-refractivity contribution in [2.75, 3.05) is 44.3 Å². The molecular weight excluding hydrogens is 631 g/mol. The van der Waals surface area contributed by atoms with Crippen molar-refractivity contribution in [3.05, 3.63) is 53.6 Å². The fourth-order valence-electron chi connectivity index (χ4n) is 9.51. The summed E-state index contributed by atoms with van der Waals surface area (Å²) in [5.41, 5.74) is -0.290. The smallest absolute Gasteiger partial charge is 0.319 e. The minimum absolute atomic E-state index is 0.0155. The van der Waals surface area contributed by atoms with Gasteiger partial charge in [-0.2, -0.15) is 9.97 Å². The van der Waals surface area contributed by atoms with Crippen molar-refractivity contribution in [1.82, 2.24) is 20.2 Å². The quantitative estimate of drug-likeness (QED) is 0.247. The fourth-order valence-corrected chi connectivity index (χ4v) is 9.51. The number of terminal acetylenes is 1. The van der Waals surface area contributed by atoms with Gasteiger partial charge in [-0.15, -0.1) is 6.42 Å². The summed E-state index contributed by atoms with van der Waals surface area (Å²) in [5.74, 6) is 1.59. The molecule has 6 heterocycles. The van der Waals surface area contributed by atoms with Crippen molar-refractivity contribution < 1.29 is 27.8 Å². The van der Waals surface area contributed by atoms with Crippen LogP contribution in [0.1, 0.15) is 50.5 Å². The SMILES string of the molecule is C#Cc1c(F)ccc2cc(O)cc(-c3ccc4c(N5C[C@@H]6CC[C@]([C@H]7CCCO7)(C5)N6)nc(OC[C@@]56CCCN5C[C@H](F)C6)nc4c3F)c12. The Bertz CT molecular complexity index is 2030. The van der Waals surface area contributed by atoms with E-state index in [0.29, 0.717) is 48.0 Å². The molecule has 9 rings (SSSR count). The Morgan fingerprint density at radius 1 is 1.08 bits per heavy atom. The van der Waals surface area contributed by atoms with E-state index in [0.717, 1.165) is 51.7 Å². The molecule has 5 aliphatic rings. The Morgan fingerprint density at radius 3 is 2.82 bits per heavy atom. The molecule has 5 atom stereocenters. The van der Waals surface area contributed by atoms with Gasteiger partial charge in [0.15, 0.2) is 5.82 Å². The summed E-state index contributed by atoms with van der Waals surface area (Å²) in [7, 11) is 0. The zero-order chi connectivity index (χ0) is 33.5. The predicted octanol–water partition coefficient (Wildman–Crippen LogP) is 5.86. The van der Waals surface area contributed by atoms with Crippen molar-refractivity contribution in [1.29, 1.82) is 0 Å². The molecule has 2 N–H and O–H groups in total. The third-order valence-electron chi connectivity index (χ3n) is 11.7. The molecule has 2 bridgehead atoms. The zero-order valence-corrected chi connectivity index (χ0v) is 27.2. The predicted molar refractivity (Wildman–Crippen MR) is 181 cm³/mol. The molecule has 0 amide bonds. The molecule has 0 unspecified atom stereocenters. The molecule has 0 aliphatic carbocycles. The van der Waals surface area contributed by atoms with E-state index >= 15 is 4.39 Å². The first-order chi connectivity index (χ1) is 23.8. The molecule has 49 heavy (non-hydrogen) atoms. The second kappa shape index (κ2) is 11.5. The molecular formula is C38H38F3N5O3. The Morgan fingerprint density at radius 2 is 1.98 bits per heavy atom. The first kappa shape index (κ1) is 30.9. The molecule has 0 saturated carbocycles. The summed E-state index contributed by atoms with van der Waals surface area (Å²) in [6.07, 6.45) is 11.0. The third kappa shape index (κ3) is 4.94. The summed E-state index contributed by atoms with van der Waals surface area (Å²) in [6, 6.07) is 9.27. The third-order valence-corrected chi connectivity index (χ3v) is 11.7. The van der Waals surface area contributed by atoms with Gasteiger partial charge in [-0.1, -0.05) is 18.1 Å². The van der Waals surface area contributed by atoms with Crippen LogP contribution >= 0.6 is 0 Å². The van der Waals surface area contributed by atoms with Crippen LogP contribution in [0.4, 0.5) is 19.0 Å². The van der Waals surface area contributed by atoms with Gasteiger partial charge in [-0.05, 0) is 80.3 Å². The minimum Gasteiger partial charge on any atom is -0.508 e. The lowest BCUT2D eigenvalue weighted by atomic mass is 9.88. The van der Waals surface area contributed by atoms with Crippen LogP contribution in [0.5, 0.6) is 11.8 Å². The number of halogens is 3. The molecule has 0 radical (unpaired) electrons. The number of hydrogen-bond acceptors (Lipinski definition) is 8. The molecule has 11 heteroatoms.